The van der Waals surface area contributed by atoms with Gasteiger partial charge in [0.25, 0.3) is 0 Å². The lowest BCUT2D eigenvalue weighted by molar-refractivity contribution is 1.18. The van der Waals surface area contributed by atoms with E-state index >= 15 is 0 Å². The van der Waals surface area contributed by atoms with Gasteiger partial charge in [-0.1, -0.05) is 0 Å². The molecule has 0 amide bonds. The number of hydrazone groups is 1. The number of hydrogen-bond donors (Lipinski definition) is 1. The second-order valence-corrected chi connectivity index (χ2v) is 5.93. The zero-order chi connectivity index (χ0) is 14.8. The van der Waals surface area contributed by atoms with Crippen LogP contribution in [0, 0.1) is 13.8 Å². The lowest BCUT2D eigenvalue weighted by Gasteiger charge is -2.04. The summed E-state index contributed by atoms with van der Waals surface area (Å²) in [5.74, 6) is 0.746. The molecule has 21 heavy (non-hydrogen) atoms. The van der Waals surface area contributed by atoms with Gasteiger partial charge in [0, 0.05) is 22.8 Å². The van der Waals surface area contributed by atoms with Crippen LogP contribution < -0.4 is 5.43 Å². The van der Waals surface area contributed by atoms with E-state index in [2.05, 4.69) is 39.3 Å². The molecule has 0 spiro atoms. The van der Waals surface area contributed by atoms with Crippen LogP contribution in [0.15, 0.2) is 36.0 Å². The van der Waals surface area contributed by atoms with Crippen LogP contribution in [-0.2, 0) is 0 Å². The number of thiophene rings is 1. The third kappa shape index (κ3) is 2.62. The van der Waals surface area contributed by atoms with E-state index in [1.165, 1.54) is 10.4 Å². The SMILES string of the molecule is C/C(=N\Nc1ncnc2sc(C)c(C)c12)c1ccncc1. The Labute approximate surface area is 126 Å². The van der Waals surface area contributed by atoms with Crippen LogP contribution in [-0.4, -0.2) is 20.7 Å². The number of aromatic nitrogens is 3. The van der Waals surface area contributed by atoms with Crippen molar-refractivity contribution < 1.29 is 0 Å². The van der Waals surface area contributed by atoms with Crippen molar-refractivity contribution in [3.8, 4) is 0 Å². The number of nitrogens with one attached hydrogen (secondary N) is 1. The van der Waals surface area contributed by atoms with E-state index in [1.54, 1.807) is 30.1 Å². The minimum atomic E-state index is 0.746. The van der Waals surface area contributed by atoms with Gasteiger partial charge in [0.15, 0.2) is 5.82 Å². The maximum absolute atomic E-state index is 4.42. The van der Waals surface area contributed by atoms with Crippen molar-refractivity contribution >= 4 is 33.1 Å². The van der Waals surface area contributed by atoms with Crippen molar-refractivity contribution in [3.63, 3.8) is 0 Å². The summed E-state index contributed by atoms with van der Waals surface area (Å²) in [7, 11) is 0. The van der Waals surface area contributed by atoms with Gasteiger partial charge in [-0.3, -0.25) is 10.4 Å². The topological polar surface area (TPSA) is 63.1 Å². The van der Waals surface area contributed by atoms with E-state index in [1.807, 2.05) is 19.1 Å². The van der Waals surface area contributed by atoms with E-state index in [9.17, 15) is 0 Å². The average molecular weight is 297 g/mol. The molecule has 3 aromatic heterocycles. The highest BCUT2D eigenvalue weighted by atomic mass is 32.1. The molecular weight excluding hydrogens is 282 g/mol. The summed E-state index contributed by atoms with van der Waals surface area (Å²) in [6, 6.07) is 3.85. The molecule has 0 unspecified atom stereocenters. The molecule has 1 N–H and O–H groups in total. The summed E-state index contributed by atoms with van der Waals surface area (Å²) in [4.78, 5) is 14.9. The predicted octanol–water partition coefficient (Wildman–Crippen LogP) is 3.54. The highest BCUT2D eigenvalue weighted by Gasteiger charge is 2.11. The molecule has 0 bridgehead atoms. The first-order chi connectivity index (χ1) is 10.2. The number of anilines is 1. The first-order valence-corrected chi connectivity index (χ1v) is 7.40. The van der Waals surface area contributed by atoms with Crippen molar-refractivity contribution in [2.45, 2.75) is 20.8 Å². The highest BCUT2D eigenvalue weighted by molar-refractivity contribution is 7.18. The van der Waals surface area contributed by atoms with Gasteiger partial charge in [-0.2, -0.15) is 5.10 Å². The van der Waals surface area contributed by atoms with Gasteiger partial charge in [0.1, 0.15) is 11.2 Å². The van der Waals surface area contributed by atoms with Crippen LogP contribution in [0.4, 0.5) is 5.82 Å². The summed E-state index contributed by atoms with van der Waals surface area (Å²) >= 11 is 1.68. The summed E-state index contributed by atoms with van der Waals surface area (Å²) < 4.78 is 0. The predicted molar refractivity (Wildman–Crippen MR) is 87.0 cm³/mol. The standard InChI is InChI=1S/C15H15N5S/c1-9-11(3)21-15-13(9)14(17-8-18-15)20-19-10(2)12-4-6-16-7-5-12/h4-8H,1-3H3,(H,17,18,20)/b19-10+. The smallest absolute Gasteiger partial charge is 0.158 e. The van der Waals surface area contributed by atoms with Crippen LogP contribution in [0.3, 0.4) is 0 Å². The van der Waals surface area contributed by atoms with E-state index in [0.717, 1.165) is 27.3 Å². The first kappa shape index (κ1) is 13.6. The van der Waals surface area contributed by atoms with Gasteiger partial charge in [-0.15, -0.1) is 11.3 Å². The Balaban J connectivity index is 1.96. The molecule has 0 fully saturated rings. The monoisotopic (exact) mass is 297 g/mol. The minimum absolute atomic E-state index is 0.746. The van der Waals surface area contributed by atoms with Gasteiger partial charge in [-0.25, -0.2) is 9.97 Å². The Bertz CT molecular complexity index is 808. The third-order valence-electron chi connectivity index (χ3n) is 3.39. The number of hydrogen-bond acceptors (Lipinski definition) is 6. The lowest BCUT2D eigenvalue weighted by atomic mass is 10.2. The van der Waals surface area contributed by atoms with Crippen molar-refractivity contribution in [1.29, 1.82) is 0 Å². The summed E-state index contributed by atoms with van der Waals surface area (Å²) in [6.07, 6.45) is 5.07. The largest absolute Gasteiger partial charge is 0.265 e. The fourth-order valence-corrected chi connectivity index (χ4v) is 3.06. The van der Waals surface area contributed by atoms with Crippen molar-refractivity contribution in [3.05, 3.63) is 46.9 Å². The molecule has 0 aliphatic carbocycles. The molecule has 3 rings (SSSR count). The van der Waals surface area contributed by atoms with Gasteiger partial charge < -0.3 is 0 Å². The van der Waals surface area contributed by atoms with E-state index in [0.29, 0.717) is 0 Å². The Kier molecular flexibility index (Phi) is 3.62. The molecule has 0 aromatic carbocycles. The van der Waals surface area contributed by atoms with Gasteiger partial charge in [-0.05, 0) is 38.5 Å². The normalized spacial score (nSPS) is 11.9. The zero-order valence-electron chi connectivity index (χ0n) is 12.1. The van der Waals surface area contributed by atoms with Crippen LogP contribution in [0.2, 0.25) is 0 Å². The van der Waals surface area contributed by atoms with E-state index in [4.69, 9.17) is 0 Å². The number of fused-ring (bicyclic) bond motifs is 1. The van der Waals surface area contributed by atoms with Gasteiger partial charge in [0.2, 0.25) is 0 Å². The van der Waals surface area contributed by atoms with Crippen LogP contribution >= 0.6 is 11.3 Å². The maximum Gasteiger partial charge on any atom is 0.158 e. The molecule has 0 aliphatic heterocycles. The first-order valence-electron chi connectivity index (χ1n) is 6.58. The lowest BCUT2D eigenvalue weighted by Crippen LogP contribution is -2.01. The van der Waals surface area contributed by atoms with Crippen LogP contribution in [0.5, 0.6) is 0 Å². The second kappa shape index (κ2) is 5.57. The number of pyridine rings is 1. The number of aryl methyl sites for hydroxylation is 2. The van der Waals surface area contributed by atoms with Crippen molar-refractivity contribution in [2.75, 3.05) is 5.43 Å². The molecule has 0 saturated carbocycles. The molecule has 0 atom stereocenters. The summed E-state index contributed by atoms with van der Waals surface area (Å²) in [5.41, 5.74) is 6.18. The van der Waals surface area contributed by atoms with Crippen LogP contribution in [0.25, 0.3) is 10.2 Å². The summed E-state index contributed by atoms with van der Waals surface area (Å²) in [5, 5.41) is 5.47. The van der Waals surface area contributed by atoms with E-state index in [-0.39, 0.29) is 0 Å². The number of nitrogens with zero attached hydrogens (tertiary/aromatic N) is 4. The molecular formula is C15H15N5S. The van der Waals surface area contributed by atoms with Gasteiger partial charge in [0.05, 0.1) is 11.1 Å². The van der Waals surface area contributed by atoms with Crippen LogP contribution in [0.1, 0.15) is 22.9 Å². The van der Waals surface area contributed by atoms with E-state index < -0.39 is 0 Å². The second-order valence-electron chi connectivity index (χ2n) is 4.73. The fourth-order valence-electron chi connectivity index (χ4n) is 2.06. The highest BCUT2D eigenvalue weighted by Crippen LogP contribution is 2.32. The van der Waals surface area contributed by atoms with Crippen molar-refractivity contribution in [1.82, 2.24) is 15.0 Å². The molecule has 0 radical (unpaired) electrons. The maximum atomic E-state index is 4.42. The van der Waals surface area contributed by atoms with Crippen molar-refractivity contribution in [2.24, 2.45) is 5.10 Å². The quantitative estimate of drug-likeness (QED) is 0.593. The minimum Gasteiger partial charge on any atom is -0.265 e. The summed E-state index contributed by atoms with van der Waals surface area (Å²) in [6.45, 7) is 6.13. The average Bonchev–Trinajstić information content (AvgIpc) is 2.81. The molecule has 106 valence electrons. The molecule has 5 nitrogen and oxygen atoms in total. The Hall–Kier alpha value is -2.34. The third-order valence-corrected chi connectivity index (χ3v) is 4.51. The Morgan fingerprint density at radius 1 is 1.19 bits per heavy atom. The zero-order valence-corrected chi connectivity index (χ0v) is 12.9. The fraction of sp³-hybridized carbons (Fsp3) is 0.200. The molecule has 0 saturated heterocycles. The molecule has 6 heteroatoms. The Morgan fingerprint density at radius 3 is 2.71 bits per heavy atom. The Morgan fingerprint density at radius 2 is 1.95 bits per heavy atom. The number of rotatable bonds is 3. The molecule has 3 heterocycles. The molecule has 0 aliphatic rings. The molecule has 3 aromatic rings. The van der Waals surface area contributed by atoms with Gasteiger partial charge >= 0.3 is 0 Å².